The first kappa shape index (κ1) is 15.5. The van der Waals surface area contributed by atoms with E-state index in [2.05, 4.69) is 10.0 Å². The minimum absolute atomic E-state index is 0.269. The van der Waals surface area contributed by atoms with Crippen LogP contribution < -0.4 is 10.0 Å². The molecule has 2 N–H and O–H groups in total. The van der Waals surface area contributed by atoms with E-state index in [-0.39, 0.29) is 4.90 Å². The van der Waals surface area contributed by atoms with Gasteiger partial charge >= 0.3 is 0 Å². The van der Waals surface area contributed by atoms with E-state index in [1.165, 1.54) is 0 Å². The molecule has 0 aliphatic rings. The van der Waals surface area contributed by atoms with Gasteiger partial charge in [-0.25, -0.2) is 8.42 Å². The molecule has 0 amide bonds. The van der Waals surface area contributed by atoms with Gasteiger partial charge in [0.2, 0.25) is 0 Å². The van der Waals surface area contributed by atoms with Gasteiger partial charge in [-0.3, -0.25) is 4.72 Å². The average Bonchev–Trinajstić information content (AvgIpc) is 2.48. The van der Waals surface area contributed by atoms with Crippen LogP contribution in [0.5, 0.6) is 0 Å². The second-order valence-electron chi connectivity index (χ2n) is 4.84. The molecule has 0 spiro atoms. The van der Waals surface area contributed by atoms with Gasteiger partial charge in [-0.15, -0.1) is 0 Å². The second kappa shape index (κ2) is 6.74. The van der Waals surface area contributed by atoms with E-state index in [4.69, 9.17) is 0 Å². The van der Waals surface area contributed by atoms with Crippen molar-refractivity contribution in [3.8, 4) is 0 Å². The normalized spacial score (nSPS) is 11.3. The zero-order valence-corrected chi connectivity index (χ0v) is 13.1. The van der Waals surface area contributed by atoms with Crippen LogP contribution in [-0.2, 0) is 16.6 Å². The third-order valence-corrected chi connectivity index (χ3v) is 4.58. The number of aryl methyl sites for hydroxylation is 1. The molecule has 0 bridgehead atoms. The smallest absolute Gasteiger partial charge is 0.261 e. The molecule has 0 fully saturated rings. The molecule has 21 heavy (non-hydrogen) atoms. The van der Waals surface area contributed by atoms with E-state index < -0.39 is 10.0 Å². The van der Waals surface area contributed by atoms with Gasteiger partial charge in [0.1, 0.15) is 0 Å². The van der Waals surface area contributed by atoms with Crippen molar-refractivity contribution >= 4 is 15.7 Å². The van der Waals surface area contributed by atoms with Crippen LogP contribution in [0.2, 0.25) is 0 Å². The van der Waals surface area contributed by atoms with E-state index in [9.17, 15) is 8.42 Å². The van der Waals surface area contributed by atoms with E-state index in [0.717, 1.165) is 24.2 Å². The Bertz CT molecular complexity index is 694. The number of hydrogen-bond acceptors (Lipinski definition) is 3. The minimum Gasteiger partial charge on any atom is -0.313 e. The van der Waals surface area contributed by atoms with Crippen LogP contribution >= 0.6 is 0 Å². The number of para-hydroxylation sites is 1. The molecule has 2 aromatic rings. The number of hydrogen-bond donors (Lipinski definition) is 2. The Hall–Kier alpha value is -1.85. The lowest BCUT2D eigenvalue weighted by atomic mass is 10.2. The SMILES string of the molecule is CCNCc1ccc(S(=O)(=O)Nc2ccccc2C)cc1. The molecule has 0 aromatic heterocycles. The van der Waals surface area contributed by atoms with Crippen molar-refractivity contribution in [2.45, 2.75) is 25.3 Å². The Morgan fingerprint density at radius 1 is 1.00 bits per heavy atom. The van der Waals surface area contributed by atoms with Crippen molar-refractivity contribution in [1.29, 1.82) is 0 Å². The van der Waals surface area contributed by atoms with Gasteiger partial charge < -0.3 is 5.32 Å². The molecule has 112 valence electrons. The zero-order valence-electron chi connectivity index (χ0n) is 12.3. The highest BCUT2D eigenvalue weighted by Gasteiger charge is 2.14. The molecule has 0 aliphatic heterocycles. The van der Waals surface area contributed by atoms with E-state index in [1.54, 1.807) is 18.2 Å². The Morgan fingerprint density at radius 2 is 1.67 bits per heavy atom. The fourth-order valence-electron chi connectivity index (χ4n) is 1.95. The molecule has 5 heteroatoms. The molecular formula is C16H20N2O2S. The van der Waals surface area contributed by atoms with E-state index >= 15 is 0 Å². The first-order valence-corrected chi connectivity index (χ1v) is 8.39. The monoisotopic (exact) mass is 304 g/mol. The summed E-state index contributed by atoms with van der Waals surface area (Å²) in [6, 6.07) is 14.2. The third kappa shape index (κ3) is 4.06. The zero-order chi connectivity index (χ0) is 15.3. The molecule has 4 nitrogen and oxygen atoms in total. The molecule has 0 saturated carbocycles. The summed E-state index contributed by atoms with van der Waals surface area (Å²) in [4.78, 5) is 0.269. The maximum atomic E-state index is 12.4. The van der Waals surface area contributed by atoms with E-state index in [1.807, 2.05) is 44.2 Å². The summed E-state index contributed by atoms with van der Waals surface area (Å²) in [5, 5.41) is 3.20. The van der Waals surface area contributed by atoms with E-state index in [0.29, 0.717) is 5.69 Å². The fourth-order valence-corrected chi connectivity index (χ4v) is 3.08. The van der Waals surface area contributed by atoms with Crippen molar-refractivity contribution in [2.75, 3.05) is 11.3 Å². The summed E-state index contributed by atoms with van der Waals surface area (Å²) >= 11 is 0. The van der Waals surface area contributed by atoms with Gasteiger partial charge in [0.15, 0.2) is 0 Å². The number of nitrogens with one attached hydrogen (secondary N) is 2. The average molecular weight is 304 g/mol. The van der Waals surface area contributed by atoms with Gasteiger partial charge in [-0.05, 0) is 42.8 Å². The minimum atomic E-state index is -3.54. The Kier molecular flexibility index (Phi) is 4.98. The lowest BCUT2D eigenvalue weighted by Crippen LogP contribution is -2.14. The Balaban J connectivity index is 2.18. The van der Waals surface area contributed by atoms with Gasteiger partial charge in [0, 0.05) is 6.54 Å². The Morgan fingerprint density at radius 3 is 2.29 bits per heavy atom. The van der Waals surface area contributed by atoms with Crippen LogP contribution in [0, 0.1) is 6.92 Å². The molecule has 0 saturated heterocycles. The molecule has 0 atom stereocenters. The predicted molar refractivity (Wildman–Crippen MR) is 85.8 cm³/mol. The molecule has 2 rings (SSSR count). The highest BCUT2D eigenvalue weighted by Crippen LogP contribution is 2.19. The summed E-state index contributed by atoms with van der Waals surface area (Å²) in [6.45, 7) is 5.53. The second-order valence-corrected chi connectivity index (χ2v) is 6.53. The summed E-state index contributed by atoms with van der Waals surface area (Å²) in [7, 11) is -3.54. The van der Waals surface area contributed by atoms with Crippen molar-refractivity contribution in [3.05, 3.63) is 59.7 Å². The summed E-state index contributed by atoms with van der Waals surface area (Å²) < 4.78 is 27.3. The van der Waals surface area contributed by atoms with Crippen LogP contribution in [0.25, 0.3) is 0 Å². The molecule has 0 radical (unpaired) electrons. The maximum absolute atomic E-state index is 12.4. The predicted octanol–water partition coefficient (Wildman–Crippen LogP) is 2.91. The standard InChI is InChI=1S/C16H20N2O2S/c1-3-17-12-14-8-10-15(11-9-14)21(19,20)18-16-7-5-4-6-13(16)2/h4-11,17-18H,3,12H2,1-2H3. The molecule has 2 aromatic carbocycles. The quantitative estimate of drug-likeness (QED) is 0.862. The van der Waals surface area contributed by atoms with Gasteiger partial charge in [-0.1, -0.05) is 37.3 Å². The van der Waals surface area contributed by atoms with Crippen LogP contribution in [0.1, 0.15) is 18.1 Å². The van der Waals surface area contributed by atoms with Crippen molar-refractivity contribution in [1.82, 2.24) is 5.32 Å². The summed E-state index contributed by atoms with van der Waals surface area (Å²) in [6.07, 6.45) is 0. The van der Waals surface area contributed by atoms with Gasteiger partial charge in [-0.2, -0.15) is 0 Å². The summed E-state index contributed by atoms with van der Waals surface area (Å²) in [5.74, 6) is 0. The summed E-state index contributed by atoms with van der Waals surface area (Å²) in [5.41, 5.74) is 2.56. The van der Waals surface area contributed by atoms with Crippen molar-refractivity contribution in [2.24, 2.45) is 0 Å². The lowest BCUT2D eigenvalue weighted by molar-refractivity contribution is 0.601. The Labute approximate surface area is 126 Å². The first-order valence-electron chi connectivity index (χ1n) is 6.91. The van der Waals surface area contributed by atoms with Crippen LogP contribution in [-0.4, -0.2) is 15.0 Å². The largest absolute Gasteiger partial charge is 0.313 e. The van der Waals surface area contributed by atoms with Crippen LogP contribution in [0.4, 0.5) is 5.69 Å². The van der Waals surface area contributed by atoms with Crippen LogP contribution in [0.15, 0.2) is 53.4 Å². The third-order valence-electron chi connectivity index (χ3n) is 3.20. The number of sulfonamides is 1. The number of benzene rings is 2. The number of anilines is 1. The molecule has 0 heterocycles. The molecule has 0 unspecified atom stereocenters. The van der Waals surface area contributed by atoms with Crippen molar-refractivity contribution < 1.29 is 8.42 Å². The molecular weight excluding hydrogens is 284 g/mol. The lowest BCUT2D eigenvalue weighted by Gasteiger charge is -2.11. The topological polar surface area (TPSA) is 58.2 Å². The van der Waals surface area contributed by atoms with Gasteiger partial charge in [0.05, 0.1) is 10.6 Å². The van der Waals surface area contributed by atoms with Crippen molar-refractivity contribution in [3.63, 3.8) is 0 Å². The molecule has 0 aliphatic carbocycles. The highest BCUT2D eigenvalue weighted by molar-refractivity contribution is 7.92. The highest BCUT2D eigenvalue weighted by atomic mass is 32.2. The van der Waals surface area contributed by atoms with Crippen LogP contribution in [0.3, 0.4) is 0 Å². The maximum Gasteiger partial charge on any atom is 0.261 e. The van der Waals surface area contributed by atoms with Gasteiger partial charge in [0.25, 0.3) is 10.0 Å². The number of rotatable bonds is 6. The first-order chi connectivity index (χ1) is 10.0. The fraction of sp³-hybridized carbons (Fsp3) is 0.250.